The van der Waals surface area contributed by atoms with Gasteiger partial charge < -0.3 is 20.1 Å². The van der Waals surface area contributed by atoms with E-state index in [1.165, 1.54) is 0 Å². The van der Waals surface area contributed by atoms with Crippen molar-refractivity contribution in [3.05, 3.63) is 12.4 Å². The second kappa shape index (κ2) is 6.85. The van der Waals surface area contributed by atoms with Crippen molar-refractivity contribution in [2.24, 2.45) is 0 Å². The van der Waals surface area contributed by atoms with Gasteiger partial charge in [0.2, 0.25) is 0 Å². The molecule has 3 rings (SSSR count). The summed E-state index contributed by atoms with van der Waals surface area (Å²) in [5.41, 5.74) is 0. The Morgan fingerprint density at radius 2 is 1.50 bits per heavy atom. The molecule has 110 valence electrons. The monoisotopic (exact) mass is 278 g/mol. The molecule has 2 unspecified atom stereocenters. The van der Waals surface area contributed by atoms with Crippen molar-refractivity contribution in [3.63, 3.8) is 0 Å². The highest BCUT2D eigenvalue weighted by molar-refractivity contribution is 5.46. The average molecular weight is 278 g/mol. The molecule has 2 fully saturated rings. The van der Waals surface area contributed by atoms with Crippen molar-refractivity contribution in [2.45, 2.75) is 37.9 Å². The van der Waals surface area contributed by atoms with E-state index in [9.17, 15) is 0 Å². The van der Waals surface area contributed by atoms with Gasteiger partial charge in [0.1, 0.15) is 18.0 Å². The summed E-state index contributed by atoms with van der Waals surface area (Å²) in [7, 11) is 0. The molecule has 2 aliphatic rings. The van der Waals surface area contributed by atoms with Gasteiger partial charge in [-0.3, -0.25) is 0 Å². The van der Waals surface area contributed by atoms with Gasteiger partial charge in [-0.25, -0.2) is 9.97 Å². The molecule has 0 aliphatic carbocycles. The predicted molar refractivity (Wildman–Crippen MR) is 77.0 cm³/mol. The van der Waals surface area contributed by atoms with Gasteiger partial charge >= 0.3 is 0 Å². The molecule has 1 aromatic heterocycles. The van der Waals surface area contributed by atoms with Gasteiger partial charge in [0, 0.05) is 32.4 Å². The fraction of sp³-hybridized carbons (Fsp3) is 0.714. The summed E-state index contributed by atoms with van der Waals surface area (Å²) in [5.74, 6) is 1.68. The van der Waals surface area contributed by atoms with E-state index < -0.39 is 0 Å². The van der Waals surface area contributed by atoms with Crippen LogP contribution in [0.3, 0.4) is 0 Å². The number of nitrogens with one attached hydrogen (secondary N) is 2. The summed E-state index contributed by atoms with van der Waals surface area (Å²) in [4.78, 5) is 8.46. The van der Waals surface area contributed by atoms with E-state index in [1.807, 2.05) is 6.07 Å². The van der Waals surface area contributed by atoms with E-state index in [0.29, 0.717) is 12.2 Å². The molecule has 6 heteroatoms. The minimum absolute atomic E-state index is 0.313. The Morgan fingerprint density at radius 1 is 0.950 bits per heavy atom. The molecule has 3 heterocycles. The smallest absolute Gasteiger partial charge is 0.131 e. The zero-order chi connectivity index (χ0) is 13.6. The molecule has 2 saturated heterocycles. The molecule has 0 aromatic carbocycles. The maximum Gasteiger partial charge on any atom is 0.131 e. The van der Waals surface area contributed by atoms with Crippen LogP contribution in [0.2, 0.25) is 0 Å². The third-order valence-electron chi connectivity index (χ3n) is 3.74. The standard InChI is InChI=1S/C14H22N4O2/c1-3-11(19-5-1)8-15-13-7-14(18-10-17-13)16-9-12-4-2-6-20-12/h7,10-12H,1-6,8-9H2,(H2,15,16,17,18). The van der Waals surface area contributed by atoms with Crippen LogP contribution in [0.25, 0.3) is 0 Å². The lowest BCUT2D eigenvalue weighted by molar-refractivity contribution is 0.120. The molecule has 2 aliphatic heterocycles. The molecule has 6 nitrogen and oxygen atoms in total. The highest BCUT2D eigenvalue weighted by Gasteiger charge is 2.16. The summed E-state index contributed by atoms with van der Waals surface area (Å²) in [6.45, 7) is 3.37. The lowest BCUT2D eigenvalue weighted by Crippen LogP contribution is -2.20. The first-order valence-electron chi connectivity index (χ1n) is 7.43. The van der Waals surface area contributed by atoms with Crippen molar-refractivity contribution in [3.8, 4) is 0 Å². The molecule has 2 atom stereocenters. The zero-order valence-corrected chi connectivity index (χ0v) is 11.7. The van der Waals surface area contributed by atoms with Crippen LogP contribution in [0.15, 0.2) is 12.4 Å². The van der Waals surface area contributed by atoms with Crippen molar-refractivity contribution in [1.82, 2.24) is 9.97 Å². The Morgan fingerprint density at radius 3 is 1.95 bits per heavy atom. The summed E-state index contributed by atoms with van der Waals surface area (Å²) in [5, 5.41) is 6.62. The third-order valence-corrected chi connectivity index (χ3v) is 3.74. The van der Waals surface area contributed by atoms with Gasteiger partial charge in [0.25, 0.3) is 0 Å². The van der Waals surface area contributed by atoms with Gasteiger partial charge in [0.05, 0.1) is 12.2 Å². The number of ether oxygens (including phenoxy) is 2. The average Bonchev–Trinajstić information content (AvgIpc) is 3.17. The SMILES string of the molecule is c1nc(NCC2CCCO2)cc(NCC2CCCO2)n1. The number of nitrogens with zero attached hydrogens (tertiary/aromatic N) is 2. The molecular formula is C14H22N4O2. The van der Waals surface area contributed by atoms with Crippen LogP contribution in [-0.4, -0.2) is 48.5 Å². The quantitative estimate of drug-likeness (QED) is 0.825. The van der Waals surface area contributed by atoms with Crippen molar-refractivity contribution in [1.29, 1.82) is 0 Å². The number of hydrogen-bond acceptors (Lipinski definition) is 6. The van der Waals surface area contributed by atoms with E-state index in [2.05, 4.69) is 20.6 Å². The van der Waals surface area contributed by atoms with Crippen molar-refractivity contribution in [2.75, 3.05) is 36.9 Å². The Balaban J connectivity index is 1.46. The second-order valence-corrected chi connectivity index (χ2v) is 5.32. The Kier molecular flexibility index (Phi) is 4.65. The Labute approximate surface area is 119 Å². The molecular weight excluding hydrogens is 256 g/mol. The zero-order valence-electron chi connectivity index (χ0n) is 11.7. The number of anilines is 2. The third kappa shape index (κ3) is 3.80. The Bertz CT molecular complexity index is 382. The summed E-state index contributed by atoms with van der Waals surface area (Å²) < 4.78 is 11.2. The lowest BCUT2D eigenvalue weighted by atomic mass is 10.2. The fourth-order valence-corrected chi connectivity index (χ4v) is 2.60. The fourth-order valence-electron chi connectivity index (χ4n) is 2.60. The minimum Gasteiger partial charge on any atom is -0.376 e. The van der Waals surface area contributed by atoms with E-state index in [1.54, 1.807) is 6.33 Å². The van der Waals surface area contributed by atoms with Gasteiger partial charge in [-0.2, -0.15) is 0 Å². The first-order chi connectivity index (χ1) is 9.90. The van der Waals surface area contributed by atoms with Crippen LogP contribution >= 0.6 is 0 Å². The second-order valence-electron chi connectivity index (χ2n) is 5.32. The maximum atomic E-state index is 5.58. The van der Waals surface area contributed by atoms with Crippen molar-refractivity contribution < 1.29 is 9.47 Å². The summed E-state index contributed by atoms with van der Waals surface area (Å²) in [6, 6.07) is 1.93. The van der Waals surface area contributed by atoms with Crippen LogP contribution in [-0.2, 0) is 9.47 Å². The van der Waals surface area contributed by atoms with E-state index in [4.69, 9.17) is 9.47 Å². The molecule has 20 heavy (non-hydrogen) atoms. The van der Waals surface area contributed by atoms with Crippen LogP contribution < -0.4 is 10.6 Å². The Hall–Kier alpha value is -1.40. The number of aromatic nitrogens is 2. The van der Waals surface area contributed by atoms with E-state index in [-0.39, 0.29) is 0 Å². The van der Waals surface area contributed by atoms with Crippen LogP contribution in [0.5, 0.6) is 0 Å². The molecule has 0 radical (unpaired) electrons. The maximum absolute atomic E-state index is 5.58. The van der Waals surface area contributed by atoms with Gasteiger partial charge in [-0.1, -0.05) is 0 Å². The van der Waals surface area contributed by atoms with Gasteiger partial charge in [-0.15, -0.1) is 0 Å². The van der Waals surface area contributed by atoms with Gasteiger partial charge in [-0.05, 0) is 25.7 Å². The highest BCUT2D eigenvalue weighted by atomic mass is 16.5. The molecule has 0 amide bonds. The van der Waals surface area contributed by atoms with Crippen LogP contribution in [0.1, 0.15) is 25.7 Å². The molecule has 2 N–H and O–H groups in total. The highest BCUT2D eigenvalue weighted by Crippen LogP contribution is 2.15. The summed E-state index contributed by atoms with van der Waals surface area (Å²) >= 11 is 0. The predicted octanol–water partition coefficient (Wildman–Crippen LogP) is 1.66. The van der Waals surface area contributed by atoms with Gasteiger partial charge in [0.15, 0.2) is 0 Å². The van der Waals surface area contributed by atoms with Crippen molar-refractivity contribution >= 4 is 11.6 Å². The summed E-state index contributed by atoms with van der Waals surface area (Å²) in [6.07, 6.45) is 6.77. The molecule has 1 aromatic rings. The molecule has 0 spiro atoms. The van der Waals surface area contributed by atoms with E-state index >= 15 is 0 Å². The van der Waals surface area contributed by atoms with E-state index in [0.717, 1.165) is 63.6 Å². The molecule has 0 bridgehead atoms. The topological polar surface area (TPSA) is 68.3 Å². The van der Waals surface area contributed by atoms with Crippen LogP contribution in [0.4, 0.5) is 11.6 Å². The van der Waals surface area contributed by atoms with Crippen LogP contribution in [0, 0.1) is 0 Å². The normalized spacial score (nSPS) is 25.8. The first kappa shape index (κ1) is 13.6. The first-order valence-corrected chi connectivity index (χ1v) is 7.43. The number of rotatable bonds is 6. The largest absolute Gasteiger partial charge is 0.376 e. The lowest BCUT2D eigenvalue weighted by Gasteiger charge is -2.13. The number of hydrogen-bond donors (Lipinski definition) is 2. The minimum atomic E-state index is 0.313. The molecule has 0 saturated carbocycles.